The quantitative estimate of drug-likeness (QED) is 0.821. The molecule has 1 aromatic rings. The van der Waals surface area contributed by atoms with Crippen LogP contribution in [0.3, 0.4) is 0 Å². The minimum Gasteiger partial charge on any atom is -0.475 e. The van der Waals surface area contributed by atoms with E-state index in [2.05, 4.69) is 12.1 Å². The van der Waals surface area contributed by atoms with E-state index in [1.165, 1.54) is 5.56 Å². The van der Waals surface area contributed by atoms with Crippen LogP contribution in [-0.2, 0) is 11.2 Å². The first-order valence-electron chi connectivity index (χ1n) is 4.42. The van der Waals surface area contributed by atoms with Crippen molar-refractivity contribution in [1.82, 2.24) is 0 Å². The van der Waals surface area contributed by atoms with Crippen LogP contribution in [0.2, 0.25) is 0 Å². The van der Waals surface area contributed by atoms with Gasteiger partial charge in [-0.2, -0.15) is 13.2 Å². The number of alkyl halides is 3. The fraction of sp³-hybridized carbons (Fsp3) is 0.300. The van der Waals surface area contributed by atoms with E-state index in [4.69, 9.17) is 15.6 Å². The van der Waals surface area contributed by atoms with Gasteiger partial charge in [0.25, 0.3) is 0 Å². The van der Waals surface area contributed by atoms with Gasteiger partial charge < -0.3 is 10.8 Å². The summed E-state index contributed by atoms with van der Waals surface area (Å²) in [5.74, 6) is -2.76. The number of nitrogens with two attached hydrogens (primary N) is 1. The maximum Gasteiger partial charge on any atom is 0.490 e. The van der Waals surface area contributed by atoms with Crippen LogP contribution < -0.4 is 5.73 Å². The van der Waals surface area contributed by atoms with Gasteiger partial charge in [0.2, 0.25) is 0 Å². The number of benzene rings is 1. The fourth-order valence-corrected chi connectivity index (χ4v) is 0.811. The van der Waals surface area contributed by atoms with Crippen molar-refractivity contribution in [2.45, 2.75) is 12.6 Å². The molecule has 16 heavy (non-hydrogen) atoms. The van der Waals surface area contributed by atoms with Crippen LogP contribution in [0, 0.1) is 0 Å². The fourth-order valence-electron chi connectivity index (χ4n) is 0.811. The molecule has 0 aromatic heterocycles. The van der Waals surface area contributed by atoms with Gasteiger partial charge in [0.1, 0.15) is 0 Å². The Bertz CT molecular complexity index is 312. The van der Waals surface area contributed by atoms with Gasteiger partial charge in [-0.3, -0.25) is 0 Å². The summed E-state index contributed by atoms with van der Waals surface area (Å²) in [6, 6.07) is 10.3. The smallest absolute Gasteiger partial charge is 0.475 e. The molecule has 0 aliphatic heterocycles. The molecule has 0 heterocycles. The van der Waals surface area contributed by atoms with Gasteiger partial charge in [0.15, 0.2) is 0 Å². The highest BCUT2D eigenvalue weighted by Crippen LogP contribution is 2.13. The molecule has 0 saturated heterocycles. The Labute approximate surface area is 90.7 Å². The number of carboxylic acid groups (broad SMARTS) is 1. The first kappa shape index (κ1) is 14.4. The maximum absolute atomic E-state index is 10.6. The molecule has 0 amide bonds. The van der Waals surface area contributed by atoms with E-state index in [-0.39, 0.29) is 0 Å². The maximum atomic E-state index is 10.6. The number of halogens is 3. The second-order valence-electron chi connectivity index (χ2n) is 2.83. The normalized spacial score (nSPS) is 10.2. The van der Waals surface area contributed by atoms with Crippen molar-refractivity contribution in [2.75, 3.05) is 6.54 Å². The van der Waals surface area contributed by atoms with Crippen molar-refractivity contribution in [1.29, 1.82) is 0 Å². The van der Waals surface area contributed by atoms with Crippen LogP contribution >= 0.6 is 0 Å². The van der Waals surface area contributed by atoms with Crippen molar-refractivity contribution < 1.29 is 23.1 Å². The second kappa shape index (κ2) is 6.84. The number of aliphatic carboxylic acids is 1. The number of hydrogen-bond donors (Lipinski definition) is 2. The van der Waals surface area contributed by atoms with Crippen molar-refractivity contribution in [3.05, 3.63) is 35.9 Å². The number of rotatable bonds is 2. The molecule has 1 aromatic carbocycles. The van der Waals surface area contributed by atoms with Crippen molar-refractivity contribution in [3.63, 3.8) is 0 Å². The number of carbonyl (C=O) groups is 1. The van der Waals surface area contributed by atoms with Gasteiger partial charge in [0, 0.05) is 0 Å². The standard InChI is InChI=1S/C8H11N.C2HF3O2/c9-7-6-8-4-2-1-3-5-8;3-2(4,5)1(6)7/h1-5H,6-7,9H2;(H,6,7). The molecule has 0 spiro atoms. The van der Waals surface area contributed by atoms with Gasteiger partial charge in [0.05, 0.1) is 0 Å². The van der Waals surface area contributed by atoms with E-state index in [9.17, 15) is 13.2 Å². The summed E-state index contributed by atoms with van der Waals surface area (Å²) < 4.78 is 31.7. The topological polar surface area (TPSA) is 63.3 Å². The SMILES string of the molecule is NCCc1ccccc1.O=C(O)C(F)(F)F. The van der Waals surface area contributed by atoms with Crippen LogP contribution in [0.4, 0.5) is 13.2 Å². The lowest BCUT2D eigenvalue weighted by Gasteiger charge is -1.93. The molecule has 0 radical (unpaired) electrons. The molecule has 0 atom stereocenters. The van der Waals surface area contributed by atoms with Crippen LogP contribution in [0.1, 0.15) is 5.56 Å². The average molecular weight is 235 g/mol. The molecule has 3 nitrogen and oxygen atoms in total. The third-order valence-corrected chi connectivity index (χ3v) is 1.52. The van der Waals surface area contributed by atoms with E-state index in [1.807, 2.05) is 18.2 Å². The van der Waals surface area contributed by atoms with E-state index in [1.54, 1.807) is 0 Å². The van der Waals surface area contributed by atoms with Gasteiger partial charge in [-0.15, -0.1) is 0 Å². The monoisotopic (exact) mass is 235 g/mol. The zero-order chi connectivity index (χ0) is 12.6. The Kier molecular flexibility index (Phi) is 6.17. The first-order chi connectivity index (χ1) is 7.38. The van der Waals surface area contributed by atoms with Gasteiger partial charge in [-0.1, -0.05) is 30.3 Å². The molecule has 0 saturated carbocycles. The highest BCUT2D eigenvalue weighted by Gasteiger charge is 2.38. The zero-order valence-electron chi connectivity index (χ0n) is 8.37. The van der Waals surface area contributed by atoms with Gasteiger partial charge in [-0.25, -0.2) is 4.79 Å². The van der Waals surface area contributed by atoms with Gasteiger partial charge >= 0.3 is 12.1 Å². The Balaban J connectivity index is 0.000000293. The Morgan fingerprint density at radius 2 is 1.69 bits per heavy atom. The molecular weight excluding hydrogens is 223 g/mol. The predicted octanol–water partition coefficient (Wildman–Crippen LogP) is 1.82. The Morgan fingerprint density at radius 3 is 2.00 bits per heavy atom. The van der Waals surface area contributed by atoms with Crippen molar-refractivity contribution in [2.24, 2.45) is 5.73 Å². The molecule has 1 rings (SSSR count). The summed E-state index contributed by atoms with van der Waals surface area (Å²) in [6.07, 6.45) is -4.10. The van der Waals surface area contributed by atoms with E-state index < -0.39 is 12.1 Å². The van der Waals surface area contributed by atoms with E-state index in [0.29, 0.717) is 0 Å². The third kappa shape index (κ3) is 6.83. The molecular formula is C10H12F3NO2. The Hall–Kier alpha value is -1.56. The molecule has 90 valence electrons. The lowest BCUT2D eigenvalue weighted by Crippen LogP contribution is -2.21. The van der Waals surface area contributed by atoms with Gasteiger partial charge in [-0.05, 0) is 18.5 Å². The molecule has 0 bridgehead atoms. The summed E-state index contributed by atoms with van der Waals surface area (Å²) in [7, 11) is 0. The molecule has 6 heteroatoms. The summed E-state index contributed by atoms with van der Waals surface area (Å²) in [6.45, 7) is 0.740. The third-order valence-electron chi connectivity index (χ3n) is 1.52. The minimum absolute atomic E-state index is 0.740. The summed E-state index contributed by atoms with van der Waals surface area (Å²) in [5, 5.41) is 7.12. The molecule has 0 fully saturated rings. The van der Waals surface area contributed by atoms with E-state index in [0.717, 1.165) is 13.0 Å². The lowest BCUT2D eigenvalue weighted by atomic mass is 10.2. The minimum atomic E-state index is -5.08. The largest absolute Gasteiger partial charge is 0.490 e. The van der Waals surface area contributed by atoms with Crippen LogP contribution in [-0.4, -0.2) is 23.8 Å². The summed E-state index contributed by atoms with van der Waals surface area (Å²) in [5.41, 5.74) is 6.68. The van der Waals surface area contributed by atoms with Crippen molar-refractivity contribution >= 4 is 5.97 Å². The zero-order valence-corrected chi connectivity index (χ0v) is 8.37. The summed E-state index contributed by atoms with van der Waals surface area (Å²) >= 11 is 0. The van der Waals surface area contributed by atoms with Crippen LogP contribution in [0.15, 0.2) is 30.3 Å². The van der Waals surface area contributed by atoms with E-state index >= 15 is 0 Å². The average Bonchev–Trinajstić information content (AvgIpc) is 2.19. The first-order valence-corrected chi connectivity index (χ1v) is 4.42. The molecule has 0 aliphatic rings. The number of hydrogen-bond acceptors (Lipinski definition) is 2. The van der Waals surface area contributed by atoms with Crippen LogP contribution in [0.25, 0.3) is 0 Å². The lowest BCUT2D eigenvalue weighted by molar-refractivity contribution is -0.192. The number of carboxylic acids is 1. The highest BCUT2D eigenvalue weighted by atomic mass is 19.4. The van der Waals surface area contributed by atoms with Crippen molar-refractivity contribution in [3.8, 4) is 0 Å². The summed E-state index contributed by atoms with van der Waals surface area (Å²) in [4.78, 5) is 8.90. The predicted molar refractivity (Wildman–Crippen MR) is 52.9 cm³/mol. The van der Waals surface area contributed by atoms with Crippen LogP contribution in [0.5, 0.6) is 0 Å². The second-order valence-corrected chi connectivity index (χ2v) is 2.83. The molecule has 0 aliphatic carbocycles. The molecule has 0 unspecified atom stereocenters. The molecule has 3 N–H and O–H groups in total. The highest BCUT2D eigenvalue weighted by molar-refractivity contribution is 5.73. The Morgan fingerprint density at radius 1 is 1.25 bits per heavy atom.